The van der Waals surface area contributed by atoms with E-state index in [-0.39, 0.29) is 6.04 Å². The summed E-state index contributed by atoms with van der Waals surface area (Å²) in [6.45, 7) is 10.9. The molecule has 10 heteroatoms. The van der Waals surface area contributed by atoms with Gasteiger partial charge in [0.05, 0.1) is 40.5 Å². The maximum Gasteiger partial charge on any atom is 0.143 e. The Hall–Kier alpha value is -1.81. The number of halogens is 2. The Balaban J connectivity index is 1.59. The SMILES string of the molecule is CC(c1cncn1COCC[Si](C)(C)C)N1C=COc2cc(Br)c(Cl)c3c2C1=NCN3. The molecule has 7 nitrogen and oxygen atoms in total. The molecular weight excluding hydrogens is 498 g/mol. The Bertz CT molecular complexity index is 1030. The molecule has 1 aromatic heterocycles. The van der Waals surface area contributed by atoms with Crippen LogP contribution in [0.25, 0.3) is 0 Å². The standard InChI is InChI=1S/C21H27BrClN5O2Si/c1-14(16-10-24-12-27(16)13-29-7-8-31(2,3)4)28-5-6-30-17-9-15(22)19(23)20-18(17)21(28)26-11-25-20/h5-6,9-10,12,14,25H,7-8,11,13H2,1-4H3. The van der Waals surface area contributed by atoms with Crippen LogP contribution in [0.3, 0.4) is 0 Å². The average molecular weight is 525 g/mol. The van der Waals surface area contributed by atoms with Gasteiger partial charge in [-0.15, -0.1) is 0 Å². The van der Waals surface area contributed by atoms with Gasteiger partial charge in [0, 0.05) is 25.4 Å². The lowest BCUT2D eigenvalue weighted by Crippen LogP contribution is -2.33. The summed E-state index contributed by atoms with van der Waals surface area (Å²) in [5, 5.41) is 3.89. The number of nitrogens with zero attached hydrogens (tertiary/aromatic N) is 4. The molecule has 4 rings (SSSR count). The van der Waals surface area contributed by atoms with Crippen LogP contribution in [0.1, 0.15) is 24.2 Å². The van der Waals surface area contributed by atoms with E-state index in [1.807, 2.05) is 29.4 Å². The van der Waals surface area contributed by atoms with E-state index < -0.39 is 8.07 Å². The largest absolute Gasteiger partial charge is 0.463 e. The summed E-state index contributed by atoms with van der Waals surface area (Å²) in [6, 6.07) is 2.97. The van der Waals surface area contributed by atoms with Crippen LogP contribution in [0.5, 0.6) is 5.75 Å². The molecule has 3 heterocycles. The van der Waals surface area contributed by atoms with Crippen molar-refractivity contribution >= 4 is 47.1 Å². The zero-order valence-electron chi connectivity index (χ0n) is 18.2. The Morgan fingerprint density at radius 1 is 1.39 bits per heavy atom. The summed E-state index contributed by atoms with van der Waals surface area (Å²) >= 11 is 10.1. The topological polar surface area (TPSA) is 63.9 Å². The second kappa shape index (κ2) is 8.97. The van der Waals surface area contributed by atoms with Gasteiger partial charge in [0.1, 0.15) is 31.2 Å². The van der Waals surface area contributed by atoms with Crippen molar-refractivity contribution in [3.63, 3.8) is 0 Å². The molecule has 0 amide bonds. The Morgan fingerprint density at radius 2 is 2.19 bits per heavy atom. The van der Waals surface area contributed by atoms with Crippen LogP contribution in [-0.2, 0) is 11.5 Å². The molecule has 2 aliphatic heterocycles. The number of ether oxygens (including phenoxy) is 2. The van der Waals surface area contributed by atoms with E-state index in [1.54, 1.807) is 6.26 Å². The first kappa shape index (κ1) is 22.4. The number of nitrogens with one attached hydrogen (secondary N) is 1. The van der Waals surface area contributed by atoms with Crippen LogP contribution in [-0.4, -0.2) is 41.6 Å². The van der Waals surface area contributed by atoms with Crippen LogP contribution >= 0.6 is 27.5 Å². The van der Waals surface area contributed by atoms with E-state index in [2.05, 4.69) is 57.7 Å². The monoisotopic (exact) mass is 523 g/mol. The third kappa shape index (κ3) is 4.69. The molecule has 0 saturated heterocycles. The van der Waals surface area contributed by atoms with Crippen molar-refractivity contribution in [2.75, 3.05) is 18.6 Å². The fraction of sp³-hybridized carbons (Fsp3) is 0.429. The maximum absolute atomic E-state index is 6.55. The molecule has 1 atom stereocenters. The predicted molar refractivity (Wildman–Crippen MR) is 131 cm³/mol. The quantitative estimate of drug-likeness (QED) is 0.374. The molecule has 1 N–H and O–H groups in total. The third-order valence-corrected chi connectivity index (χ3v) is 8.32. The molecule has 0 saturated carbocycles. The highest BCUT2D eigenvalue weighted by molar-refractivity contribution is 9.10. The van der Waals surface area contributed by atoms with Crippen LogP contribution in [0.15, 0.2) is 40.5 Å². The number of benzene rings is 1. The predicted octanol–water partition coefficient (Wildman–Crippen LogP) is 5.67. The second-order valence-corrected chi connectivity index (χ2v) is 15.7. The minimum absolute atomic E-state index is 0.0407. The smallest absolute Gasteiger partial charge is 0.143 e. The van der Waals surface area contributed by atoms with Crippen molar-refractivity contribution in [2.24, 2.45) is 4.99 Å². The molecule has 0 spiro atoms. The Labute approximate surface area is 197 Å². The van der Waals surface area contributed by atoms with Gasteiger partial charge in [-0.25, -0.2) is 9.98 Å². The molecule has 31 heavy (non-hydrogen) atoms. The summed E-state index contributed by atoms with van der Waals surface area (Å²) < 4.78 is 14.7. The minimum atomic E-state index is -1.12. The van der Waals surface area contributed by atoms with Crippen molar-refractivity contribution < 1.29 is 9.47 Å². The third-order valence-electron chi connectivity index (χ3n) is 5.37. The van der Waals surface area contributed by atoms with Crippen molar-refractivity contribution in [3.05, 3.63) is 51.8 Å². The van der Waals surface area contributed by atoms with E-state index in [4.69, 9.17) is 26.1 Å². The number of imidazole rings is 1. The molecule has 2 aromatic rings. The number of aliphatic imine (C=N–C) groups is 1. The van der Waals surface area contributed by atoms with E-state index >= 15 is 0 Å². The zero-order chi connectivity index (χ0) is 22.2. The highest BCUT2D eigenvalue weighted by Gasteiger charge is 2.31. The number of amidine groups is 1. The highest BCUT2D eigenvalue weighted by Crippen LogP contribution is 2.43. The summed E-state index contributed by atoms with van der Waals surface area (Å²) in [4.78, 5) is 11.2. The van der Waals surface area contributed by atoms with Gasteiger partial charge < -0.3 is 24.3 Å². The van der Waals surface area contributed by atoms with E-state index in [0.29, 0.717) is 24.2 Å². The molecule has 166 valence electrons. The fourth-order valence-corrected chi connectivity index (χ4v) is 4.97. The van der Waals surface area contributed by atoms with E-state index in [9.17, 15) is 0 Å². The van der Waals surface area contributed by atoms with Gasteiger partial charge >= 0.3 is 0 Å². The summed E-state index contributed by atoms with van der Waals surface area (Å²) in [6.07, 6.45) is 7.28. The molecule has 0 radical (unpaired) electrons. The molecule has 0 bridgehead atoms. The lowest BCUT2D eigenvalue weighted by atomic mass is 10.1. The average Bonchev–Trinajstić information content (AvgIpc) is 3.11. The van der Waals surface area contributed by atoms with E-state index in [1.165, 1.54) is 0 Å². The number of hydrogen-bond donors (Lipinski definition) is 1. The Kier molecular flexibility index (Phi) is 6.48. The van der Waals surface area contributed by atoms with Crippen molar-refractivity contribution in [3.8, 4) is 5.75 Å². The summed E-state index contributed by atoms with van der Waals surface area (Å²) in [5.74, 6) is 1.51. The van der Waals surface area contributed by atoms with Crippen molar-refractivity contribution in [1.29, 1.82) is 0 Å². The minimum Gasteiger partial charge on any atom is -0.463 e. The first-order valence-corrected chi connectivity index (χ1v) is 15.1. The van der Waals surface area contributed by atoms with Gasteiger partial charge in [-0.3, -0.25) is 0 Å². The fourth-order valence-electron chi connectivity index (χ4n) is 3.59. The second-order valence-electron chi connectivity index (χ2n) is 8.86. The molecule has 1 aromatic carbocycles. The van der Waals surface area contributed by atoms with Crippen LogP contribution < -0.4 is 10.1 Å². The normalized spacial score (nSPS) is 16.2. The van der Waals surface area contributed by atoms with Crippen molar-refractivity contribution in [2.45, 2.75) is 45.4 Å². The number of anilines is 1. The molecule has 2 aliphatic rings. The first-order chi connectivity index (χ1) is 14.8. The van der Waals surface area contributed by atoms with Crippen LogP contribution in [0.4, 0.5) is 5.69 Å². The first-order valence-electron chi connectivity index (χ1n) is 10.3. The van der Waals surface area contributed by atoms with Crippen molar-refractivity contribution in [1.82, 2.24) is 14.5 Å². The van der Waals surface area contributed by atoms with Gasteiger partial charge in [-0.2, -0.15) is 0 Å². The lowest BCUT2D eigenvalue weighted by Gasteiger charge is -2.31. The molecule has 0 aliphatic carbocycles. The molecular formula is C21H27BrClN5O2Si. The van der Waals surface area contributed by atoms with Gasteiger partial charge in [0.25, 0.3) is 0 Å². The van der Waals surface area contributed by atoms with Crippen LogP contribution in [0.2, 0.25) is 30.7 Å². The van der Waals surface area contributed by atoms with Crippen LogP contribution in [0, 0.1) is 0 Å². The summed E-state index contributed by atoms with van der Waals surface area (Å²) in [7, 11) is -1.12. The summed E-state index contributed by atoms with van der Waals surface area (Å²) in [5.41, 5.74) is 2.71. The van der Waals surface area contributed by atoms with E-state index in [0.717, 1.165) is 39.9 Å². The molecule has 1 unspecified atom stereocenters. The highest BCUT2D eigenvalue weighted by atomic mass is 79.9. The van der Waals surface area contributed by atoms with Gasteiger partial charge in [-0.1, -0.05) is 31.2 Å². The maximum atomic E-state index is 6.55. The zero-order valence-corrected chi connectivity index (χ0v) is 21.5. The number of aromatic nitrogens is 2. The lowest BCUT2D eigenvalue weighted by molar-refractivity contribution is 0.0835. The number of hydrogen-bond acceptors (Lipinski definition) is 6. The molecule has 0 fully saturated rings. The van der Waals surface area contributed by atoms with Gasteiger partial charge in [0.2, 0.25) is 0 Å². The Morgan fingerprint density at radius 3 is 2.97 bits per heavy atom. The van der Waals surface area contributed by atoms with Gasteiger partial charge in [-0.05, 0) is 35.0 Å². The number of rotatable bonds is 7. The van der Waals surface area contributed by atoms with Gasteiger partial charge in [0.15, 0.2) is 0 Å².